The minimum atomic E-state index is -0.788. The quantitative estimate of drug-likeness (QED) is 0.922. The molecule has 0 aromatic heterocycles. The number of nitrogens with zero attached hydrogens (tertiary/aromatic N) is 1. The SMILES string of the molecule is Cl.O=C(O)[C@@H](c1ccc(Cl)cc1)N1CCCC1. The lowest BCUT2D eigenvalue weighted by Crippen LogP contribution is -2.31. The Morgan fingerprint density at radius 1 is 1.24 bits per heavy atom. The molecule has 1 aliphatic heterocycles. The van der Waals surface area contributed by atoms with Crippen molar-refractivity contribution < 1.29 is 9.90 Å². The summed E-state index contributed by atoms with van der Waals surface area (Å²) in [6.07, 6.45) is 2.16. The summed E-state index contributed by atoms with van der Waals surface area (Å²) in [4.78, 5) is 13.3. The first-order valence-corrected chi connectivity index (χ1v) is 5.78. The predicted molar refractivity (Wildman–Crippen MR) is 69.9 cm³/mol. The third-order valence-corrected chi connectivity index (χ3v) is 3.18. The van der Waals surface area contributed by atoms with Gasteiger partial charge in [0.15, 0.2) is 0 Å². The zero-order valence-corrected chi connectivity index (χ0v) is 10.9. The smallest absolute Gasteiger partial charge is 0.325 e. The van der Waals surface area contributed by atoms with Crippen LogP contribution in [0.4, 0.5) is 0 Å². The molecular formula is C12H15Cl2NO2. The van der Waals surface area contributed by atoms with Crippen molar-refractivity contribution in [2.75, 3.05) is 13.1 Å². The molecule has 0 bridgehead atoms. The lowest BCUT2D eigenvalue weighted by molar-refractivity contribution is -0.143. The van der Waals surface area contributed by atoms with Gasteiger partial charge in [0, 0.05) is 5.02 Å². The molecule has 17 heavy (non-hydrogen) atoms. The van der Waals surface area contributed by atoms with E-state index in [0.29, 0.717) is 5.02 Å². The van der Waals surface area contributed by atoms with Gasteiger partial charge in [-0.15, -0.1) is 12.4 Å². The van der Waals surface area contributed by atoms with Crippen LogP contribution >= 0.6 is 24.0 Å². The summed E-state index contributed by atoms with van der Waals surface area (Å²) < 4.78 is 0. The Morgan fingerprint density at radius 2 is 1.76 bits per heavy atom. The first-order chi connectivity index (χ1) is 7.68. The number of hydrogen-bond acceptors (Lipinski definition) is 2. The maximum absolute atomic E-state index is 11.3. The summed E-state index contributed by atoms with van der Waals surface area (Å²) in [6.45, 7) is 1.72. The fourth-order valence-electron chi connectivity index (χ4n) is 2.15. The Hall–Kier alpha value is -0.770. The lowest BCUT2D eigenvalue weighted by Gasteiger charge is -2.23. The lowest BCUT2D eigenvalue weighted by atomic mass is 10.1. The van der Waals surface area contributed by atoms with Gasteiger partial charge in [-0.2, -0.15) is 0 Å². The highest BCUT2D eigenvalue weighted by atomic mass is 35.5. The van der Waals surface area contributed by atoms with Crippen molar-refractivity contribution in [1.29, 1.82) is 0 Å². The van der Waals surface area contributed by atoms with E-state index >= 15 is 0 Å². The van der Waals surface area contributed by atoms with Crippen molar-refractivity contribution in [3.05, 3.63) is 34.9 Å². The van der Waals surface area contributed by atoms with Crippen LogP contribution in [0.25, 0.3) is 0 Å². The predicted octanol–water partition coefficient (Wildman–Crippen LogP) is 2.98. The summed E-state index contributed by atoms with van der Waals surface area (Å²) in [5, 5.41) is 9.92. The normalized spacial score (nSPS) is 17.5. The third kappa shape index (κ3) is 3.35. The van der Waals surface area contributed by atoms with E-state index in [-0.39, 0.29) is 12.4 Å². The molecule has 1 aromatic carbocycles. The molecule has 1 N–H and O–H groups in total. The van der Waals surface area contributed by atoms with E-state index in [4.69, 9.17) is 11.6 Å². The summed E-state index contributed by atoms with van der Waals surface area (Å²) in [5.74, 6) is -0.788. The number of hydrogen-bond donors (Lipinski definition) is 1. The zero-order valence-electron chi connectivity index (χ0n) is 9.30. The van der Waals surface area contributed by atoms with Crippen molar-refractivity contribution in [3.63, 3.8) is 0 Å². The van der Waals surface area contributed by atoms with Gasteiger partial charge < -0.3 is 5.11 Å². The van der Waals surface area contributed by atoms with Crippen molar-refractivity contribution in [2.24, 2.45) is 0 Å². The van der Waals surface area contributed by atoms with Crippen LogP contribution in [0.1, 0.15) is 24.4 Å². The number of carboxylic acid groups (broad SMARTS) is 1. The van der Waals surface area contributed by atoms with E-state index in [2.05, 4.69) is 0 Å². The minimum absolute atomic E-state index is 0. The highest BCUT2D eigenvalue weighted by molar-refractivity contribution is 6.30. The summed E-state index contributed by atoms with van der Waals surface area (Å²) >= 11 is 5.79. The fraction of sp³-hybridized carbons (Fsp3) is 0.417. The molecule has 0 radical (unpaired) electrons. The van der Waals surface area contributed by atoms with E-state index < -0.39 is 12.0 Å². The van der Waals surface area contributed by atoms with Gasteiger partial charge in [0.05, 0.1) is 0 Å². The average molecular weight is 276 g/mol. The molecule has 0 amide bonds. The molecule has 0 unspecified atom stereocenters. The van der Waals surface area contributed by atoms with E-state index in [1.165, 1.54) is 0 Å². The fourth-order valence-corrected chi connectivity index (χ4v) is 2.28. The number of carboxylic acids is 1. The van der Waals surface area contributed by atoms with Crippen LogP contribution in [0, 0.1) is 0 Å². The van der Waals surface area contributed by atoms with E-state index in [9.17, 15) is 9.90 Å². The van der Waals surface area contributed by atoms with E-state index in [0.717, 1.165) is 31.5 Å². The molecule has 2 rings (SSSR count). The largest absolute Gasteiger partial charge is 0.480 e. The van der Waals surface area contributed by atoms with Crippen LogP contribution in [0.15, 0.2) is 24.3 Å². The topological polar surface area (TPSA) is 40.5 Å². The van der Waals surface area contributed by atoms with Crippen LogP contribution < -0.4 is 0 Å². The Labute approximate surface area is 112 Å². The Balaban J connectivity index is 0.00000144. The highest BCUT2D eigenvalue weighted by Gasteiger charge is 2.29. The number of likely N-dealkylation sites (tertiary alicyclic amines) is 1. The first-order valence-electron chi connectivity index (χ1n) is 5.41. The number of carbonyl (C=O) groups is 1. The molecule has 1 aromatic rings. The second kappa shape index (κ2) is 6.24. The average Bonchev–Trinajstić information content (AvgIpc) is 2.74. The van der Waals surface area contributed by atoms with Gasteiger partial charge in [-0.3, -0.25) is 9.69 Å². The minimum Gasteiger partial charge on any atom is -0.480 e. The zero-order chi connectivity index (χ0) is 11.5. The van der Waals surface area contributed by atoms with Crippen LogP contribution in [0.3, 0.4) is 0 Å². The second-order valence-corrected chi connectivity index (χ2v) is 4.47. The Kier molecular flexibility index (Phi) is 5.25. The molecular weight excluding hydrogens is 261 g/mol. The number of aliphatic carboxylic acids is 1. The molecule has 1 aliphatic rings. The van der Waals surface area contributed by atoms with Gasteiger partial charge in [0.25, 0.3) is 0 Å². The number of rotatable bonds is 3. The highest BCUT2D eigenvalue weighted by Crippen LogP contribution is 2.26. The van der Waals surface area contributed by atoms with Gasteiger partial charge >= 0.3 is 5.97 Å². The van der Waals surface area contributed by atoms with Crippen molar-refractivity contribution in [3.8, 4) is 0 Å². The molecule has 3 nitrogen and oxygen atoms in total. The van der Waals surface area contributed by atoms with Gasteiger partial charge in [-0.25, -0.2) is 0 Å². The van der Waals surface area contributed by atoms with Crippen molar-refractivity contribution in [1.82, 2.24) is 4.90 Å². The van der Waals surface area contributed by atoms with Gasteiger partial charge in [-0.1, -0.05) is 23.7 Å². The Bertz CT molecular complexity index is 375. The number of benzene rings is 1. The van der Waals surface area contributed by atoms with Crippen LogP contribution in [-0.2, 0) is 4.79 Å². The summed E-state index contributed by atoms with van der Waals surface area (Å²) in [7, 11) is 0. The number of halogens is 2. The van der Waals surface area contributed by atoms with Crippen LogP contribution in [0.2, 0.25) is 5.02 Å². The van der Waals surface area contributed by atoms with Gasteiger partial charge in [0.2, 0.25) is 0 Å². The first kappa shape index (κ1) is 14.3. The molecule has 0 spiro atoms. The van der Waals surface area contributed by atoms with E-state index in [1.54, 1.807) is 24.3 Å². The third-order valence-electron chi connectivity index (χ3n) is 2.93. The van der Waals surface area contributed by atoms with Gasteiger partial charge in [0.1, 0.15) is 6.04 Å². The molecule has 1 fully saturated rings. The molecule has 1 saturated heterocycles. The molecule has 94 valence electrons. The van der Waals surface area contributed by atoms with Crippen molar-refractivity contribution in [2.45, 2.75) is 18.9 Å². The molecule has 0 aliphatic carbocycles. The second-order valence-electron chi connectivity index (χ2n) is 4.04. The van der Waals surface area contributed by atoms with Crippen LogP contribution in [0.5, 0.6) is 0 Å². The van der Waals surface area contributed by atoms with Crippen LogP contribution in [-0.4, -0.2) is 29.1 Å². The Morgan fingerprint density at radius 3 is 2.24 bits per heavy atom. The van der Waals surface area contributed by atoms with Crippen molar-refractivity contribution >= 4 is 30.0 Å². The molecule has 5 heteroatoms. The summed E-state index contributed by atoms with van der Waals surface area (Å²) in [6, 6.07) is 6.53. The monoisotopic (exact) mass is 275 g/mol. The summed E-state index contributed by atoms with van der Waals surface area (Å²) in [5.41, 5.74) is 0.804. The van der Waals surface area contributed by atoms with Gasteiger partial charge in [-0.05, 0) is 43.6 Å². The molecule has 1 atom stereocenters. The molecule has 1 heterocycles. The maximum atomic E-state index is 11.3. The standard InChI is InChI=1S/C12H14ClNO2.ClH/c13-10-5-3-9(4-6-10)11(12(15)16)14-7-1-2-8-14;/h3-6,11H,1-2,7-8H2,(H,15,16);1H/t11-;/m1./s1. The molecule has 0 saturated carbocycles. The maximum Gasteiger partial charge on any atom is 0.325 e. The van der Waals surface area contributed by atoms with E-state index in [1.807, 2.05) is 4.90 Å².